The highest BCUT2D eigenvalue weighted by atomic mass is 32.1. The Balaban J connectivity index is 2.41. The number of thiophene rings is 2. The van der Waals surface area contributed by atoms with E-state index in [-0.39, 0.29) is 5.97 Å². The second kappa shape index (κ2) is 4.27. The molecular formula is C11H11NO2S2. The molecule has 0 bridgehead atoms. The number of carbonyl (C=O) groups excluding carboxylic acids is 1. The minimum atomic E-state index is -0.373. The van der Waals surface area contributed by atoms with E-state index in [4.69, 9.17) is 5.73 Å². The molecule has 0 saturated carbocycles. The molecule has 2 aromatic rings. The first-order valence-electron chi connectivity index (χ1n) is 4.66. The number of hydrogen-bond acceptors (Lipinski definition) is 5. The molecule has 0 aromatic carbocycles. The molecule has 16 heavy (non-hydrogen) atoms. The van der Waals surface area contributed by atoms with Crippen LogP contribution in [0.5, 0.6) is 0 Å². The van der Waals surface area contributed by atoms with Crippen molar-refractivity contribution in [3.63, 3.8) is 0 Å². The monoisotopic (exact) mass is 253 g/mol. The lowest BCUT2D eigenvalue weighted by Crippen LogP contribution is -2.00. The fourth-order valence-corrected chi connectivity index (χ4v) is 3.29. The number of methoxy groups -OCH3 is 1. The maximum Gasteiger partial charge on any atom is 0.350 e. The van der Waals surface area contributed by atoms with Gasteiger partial charge in [0.1, 0.15) is 4.88 Å². The topological polar surface area (TPSA) is 52.3 Å². The van der Waals surface area contributed by atoms with Gasteiger partial charge in [0, 0.05) is 14.6 Å². The van der Waals surface area contributed by atoms with Gasteiger partial charge in [-0.15, -0.1) is 22.7 Å². The summed E-state index contributed by atoms with van der Waals surface area (Å²) in [6, 6.07) is 5.91. The molecule has 0 amide bonds. The first-order chi connectivity index (χ1) is 7.61. The first kappa shape index (κ1) is 11.2. The molecular weight excluding hydrogens is 242 g/mol. The molecule has 3 nitrogen and oxygen atoms in total. The second-order valence-electron chi connectivity index (χ2n) is 3.30. The van der Waals surface area contributed by atoms with Crippen LogP contribution in [0.25, 0.3) is 9.75 Å². The van der Waals surface area contributed by atoms with E-state index in [2.05, 4.69) is 4.74 Å². The van der Waals surface area contributed by atoms with Crippen LogP contribution in [0.2, 0.25) is 0 Å². The number of anilines is 1. The molecule has 0 fully saturated rings. The van der Waals surface area contributed by atoms with Crippen LogP contribution in [0.15, 0.2) is 18.2 Å². The Morgan fingerprint density at radius 3 is 2.62 bits per heavy atom. The molecule has 0 atom stereocenters. The van der Waals surface area contributed by atoms with Crippen molar-refractivity contribution in [1.82, 2.24) is 0 Å². The van der Waals surface area contributed by atoms with Gasteiger partial charge in [0.2, 0.25) is 0 Å². The highest BCUT2D eigenvalue weighted by Crippen LogP contribution is 2.37. The van der Waals surface area contributed by atoms with Crippen LogP contribution in [-0.2, 0) is 4.74 Å². The van der Waals surface area contributed by atoms with E-state index in [9.17, 15) is 4.79 Å². The summed E-state index contributed by atoms with van der Waals surface area (Å²) < 4.78 is 4.67. The number of rotatable bonds is 2. The summed E-state index contributed by atoms with van der Waals surface area (Å²) in [5.74, 6) is -0.373. The maximum absolute atomic E-state index is 11.4. The molecule has 2 heterocycles. The van der Waals surface area contributed by atoms with Crippen molar-refractivity contribution in [3.05, 3.63) is 28.0 Å². The quantitative estimate of drug-likeness (QED) is 0.836. The smallest absolute Gasteiger partial charge is 0.350 e. The molecule has 0 aliphatic heterocycles. The van der Waals surface area contributed by atoms with Crippen LogP contribution < -0.4 is 5.73 Å². The number of nitrogen functional groups attached to an aromatic ring is 1. The molecule has 5 heteroatoms. The predicted octanol–water partition coefficient (Wildman–Crippen LogP) is 3.15. The van der Waals surface area contributed by atoms with Crippen LogP contribution in [-0.4, -0.2) is 13.1 Å². The van der Waals surface area contributed by atoms with E-state index in [0.717, 1.165) is 9.75 Å². The summed E-state index contributed by atoms with van der Waals surface area (Å²) in [6.45, 7) is 2.05. The molecule has 0 aliphatic carbocycles. The Kier molecular flexibility index (Phi) is 2.98. The van der Waals surface area contributed by atoms with E-state index in [0.29, 0.717) is 10.6 Å². The zero-order valence-electron chi connectivity index (χ0n) is 8.94. The van der Waals surface area contributed by atoms with Crippen molar-refractivity contribution in [2.45, 2.75) is 6.92 Å². The molecule has 2 N–H and O–H groups in total. The number of nitrogens with two attached hydrogens (primary N) is 1. The lowest BCUT2D eigenvalue weighted by atomic mass is 10.3. The number of ether oxygens (including phenoxy) is 1. The third-order valence-electron chi connectivity index (χ3n) is 2.11. The van der Waals surface area contributed by atoms with Gasteiger partial charge in [-0.25, -0.2) is 4.79 Å². The fraction of sp³-hybridized carbons (Fsp3) is 0.182. The normalized spacial score (nSPS) is 10.4. The van der Waals surface area contributed by atoms with Gasteiger partial charge in [-0.2, -0.15) is 0 Å². The zero-order chi connectivity index (χ0) is 11.7. The minimum absolute atomic E-state index is 0.373. The highest BCUT2D eigenvalue weighted by molar-refractivity contribution is 7.23. The lowest BCUT2D eigenvalue weighted by molar-refractivity contribution is 0.0607. The van der Waals surface area contributed by atoms with E-state index in [1.807, 2.05) is 25.1 Å². The molecule has 84 valence electrons. The molecule has 0 saturated heterocycles. The molecule has 2 rings (SSSR count). The Hall–Kier alpha value is -1.33. The lowest BCUT2D eigenvalue weighted by Gasteiger charge is -1.94. The van der Waals surface area contributed by atoms with Crippen molar-refractivity contribution in [2.75, 3.05) is 12.8 Å². The van der Waals surface area contributed by atoms with Gasteiger partial charge in [0.25, 0.3) is 0 Å². The number of hydrogen-bond donors (Lipinski definition) is 1. The van der Waals surface area contributed by atoms with Crippen molar-refractivity contribution < 1.29 is 9.53 Å². The molecule has 0 radical (unpaired) electrons. The average Bonchev–Trinajstić information content (AvgIpc) is 2.83. The minimum Gasteiger partial charge on any atom is -0.465 e. The highest BCUT2D eigenvalue weighted by Gasteiger charge is 2.16. The van der Waals surface area contributed by atoms with Crippen molar-refractivity contribution in [3.8, 4) is 9.75 Å². The van der Waals surface area contributed by atoms with Gasteiger partial charge < -0.3 is 10.5 Å². The van der Waals surface area contributed by atoms with E-state index in [1.54, 1.807) is 11.3 Å². The number of aryl methyl sites for hydroxylation is 1. The molecule has 0 aliphatic rings. The Morgan fingerprint density at radius 1 is 1.31 bits per heavy atom. The summed E-state index contributed by atoms with van der Waals surface area (Å²) in [5.41, 5.74) is 6.26. The standard InChI is InChI=1S/C11H11NO2S2/c1-6-3-4-8(15-6)9-5-7(12)10(16-9)11(13)14-2/h3-5H,12H2,1-2H3. The average molecular weight is 253 g/mol. The van der Waals surface area contributed by atoms with Gasteiger partial charge in [0.15, 0.2) is 0 Å². The van der Waals surface area contributed by atoms with Gasteiger partial charge in [-0.05, 0) is 25.1 Å². The molecule has 0 spiro atoms. The van der Waals surface area contributed by atoms with E-state index < -0.39 is 0 Å². The fourth-order valence-electron chi connectivity index (χ4n) is 1.35. The number of esters is 1. The van der Waals surface area contributed by atoms with Gasteiger partial charge in [-0.3, -0.25) is 0 Å². The molecule has 0 unspecified atom stereocenters. The Bertz CT molecular complexity index is 528. The van der Waals surface area contributed by atoms with Crippen LogP contribution in [0.4, 0.5) is 5.69 Å². The maximum atomic E-state index is 11.4. The van der Waals surface area contributed by atoms with E-state index >= 15 is 0 Å². The summed E-state index contributed by atoms with van der Waals surface area (Å²) in [4.78, 5) is 15.2. The van der Waals surface area contributed by atoms with Crippen LogP contribution in [0, 0.1) is 6.92 Å². The van der Waals surface area contributed by atoms with E-state index in [1.165, 1.54) is 23.3 Å². The zero-order valence-corrected chi connectivity index (χ0v) is 10.6. The predicted molar refractivity (Wildman–Crippen MR) is 68.1 cm³/mol. The third kappa shape index (κ3) is 1.96. The van der Waals surface area contributed by atoms with Crippen molar-refractivity contribution in [1.29, 1.82) is 0 Å². The van der Waals surface area contributed by atoms with Crippen molar-refractivity contribution >= 4 is 34.3 Å². The van der Waals surface area contributed by atoms with Crippen LogP contribution in [0.3, 0.4) is 0 Å². The van der Waals surface area contributed by atoms with Gasteiger partial charge in [-0.1, -0.05) is 0 Å². The Labute approximate surface area is 101 Å². The largest absolute Gasteiger partial charge is 0.465 e. The summed E-state index contributed by atoms with van der Waals surface area (Å²) in [6.07, 6.45) is 0. The van der Waals surface area contributed by atoms with Gasteiger partial charge in [0.05, 0.1) is 12.8 Å². The Morgan fingerprint density at radius 2 is 2.06 bits per heavy atom. The van der Waals surface area contributed by atoms with Crippen molar-refractivity contribution in [2.24, 2.45) is 0 Å². The first-order valence-corrected chi connectivity index (χ1v) is 6.29. The summed E-state index contributed by atoms with van der Waals surface area (Å²) in [5, 5.41) is 0. The third-order valence-corrected chi connectivity index (χ3v) is 4.44. The van der Waals surface area contributed by atoms with Gasteiger partial charge >= 0.3 is 5.97 Å². The molecule has 2 aromatic heterocycles. The SMILES string of the molecule is COC(=O)c1sc(-c2ccc(C)s2)cc1N. The van der Waals surface area contributed by atoms with Crippen LogP contribution >= 0.6 is 22.7 Å². The summed E-state index contributed by atoms with van der Waals surface area (Å²) >= 11 is 3.05. The van der Waals surface area contributed by atoms with Crippen LogP contribution in [0.1, 0.15) is 14.5 Å². The second-order valence-corrected chi connectivity index (χ2v) is 5.64. The summed E-state index contributed by atoms with van der Waals surface area (Å²) in [7, 11) is 1.36. The number of carbonyl (C=O) groups is 1.